The van der Waals surface area contributed by atoms with E-state index in [0.717, 1.165) is 11.1 Å². The van der Waals surface area contributed by atoms with E-state index in [2.05, 4.69) is 13.8 Å². The Labute approximate surface area is 143 Å². The minimum Gasteiger partial charge on any atom is -0.872 e. The zero-order chi connectivity index (χ0) is 18.7. The standard InChI is InChI=1S/2C7H8O.C3H8.2C2H6/c2*1-6-4-2-3-5-7(6)8;1-3-2;2*1-2/h2*2-5,8H,1H3;3H2,1-2H3;2*1-2H3/p-2. The van der Waals surface area contributed by atoms with E-state index in [9.17, 15) is 10.2 Å². The third-order valence-corrected chi connectivity index (χ3v) is 2.19. The third kappa shape index (κ3) is 16.2. The van der Waals surface area contributed by atoms with Gasteiger partial charge in [0.05, 0.1) is 0 Å². The van der Waals surface area contributed by atoms with Crippen LogP contribution in [0.25, 0.3) is 0 Å². The highest BCUT2D eigenvalue weighted by atomic mass is 16.3. The molecule has 2 nitrogen and oxygen atoms in total. The lowest BCUT2D eigenvalue weighted by atomic mass is 10.2. The summed E-state index contributed by atoms with van der Waals surface area (Å²) in [6.45, 7) is 15.9. The fraction of sp³-hybridized carbons (Fsp3) is 0.429. The molecular weight excluding hydrogens is 284 g/mol. The van der Waals surface area contributed by atoms with E-state index in [1.807, 2.05) is 65.8 Å². The molecule has 0 aliphatic rings. The van der Waals surface area contributed by atoms with Gasteiger partial charge >= 0.3 is 0 Å². The zero-order valence-electron chi connectivity index (χ0n) is 16.1. The van der Waals surface area contributed by atoms with Crippen LogP contribution in [-0.4, -0.2) is 0 Å². The van der Waals surface area contributed by atoms with Crippen molar-refractivity contribution in [3.8, 4) is 11.5 Å². The number of hydrogen-bond acceptors (Lipinski definition) is 2. The van der Waals surface area contributed by atoms with Crippen molar-refractivity contribution in [3.63, 3.8) is 0 Å². The molecule has 0 N–H and O–H groups in total. The topological polar surface area (TPSA) is 46.1 Å². The smallest absolute Gasteiger partial charge is 0.0404 e. The van der Waals surface area contributed by atoms with Crippen molar-refractivity contribution in [2.75, 3.05) is 0 Å². The fourth-order valence-corrected chi connectivity index (χ4v) is 1.11. The number of hydrogen-bond donors (Lipinski definition) is 0. The SMILES string of the molecule is CC.CC.CCC.Cc1ccccc1[O-].Cc1ccccc1[O-]. The molecule has 0 aliphatic heterocycles. The van der Waals surface area contributed by atoms with E-state index < -0.39 is 0 Å². The minimum absolute atomic E-state index is 0.118. The van der Waals surface area contributed by atoms with Crippen LogP contribution in [0, 0.1) is 13.8 Å². The quantitative estimate of drug-likeness (QED) is 0.634. The highest BCUT2D eigenvalue weighted by Crippen LogP contribution is 2.09. The molecule has 2 rings (SSSR count). The van der Waals surface area contributed by atoms with Crippen LogP contribution in [0.4, 0.5) is 0 Å². The Morgan fingerprint density at radius 3 is 0.957 bits per heavy atom. The van der Waals surface area contributed by atoms with Crippen molar-refractivity contribution < 1.29 is 10.2 Å². The Morgan fingerprint density at radius 1 is 0.609 bits per heavy atom. The zero-order valence-corrected chi connectivity index (χ0v) is 16.1. The van der Waals surface area contributed by atoms with E-state index in [4.69, 9.17) is 0 Å². The molecule has 2 aromatic rings. The molecule has 0 atom stereocenters. The number of aryl methyl sites for hydroxylation is 2. The average Bonchev–Trinajstić information content (AvgIpc) is 2.58. The second-order valence-electron chi connectivity index (χ2n) is 4.24. The van der Waals surface area contributed by atoms with Crippen LogP contribution in [0.2, 0.25) is 0 Å². The predicted octanol–water partition coefficient (Wildman–Crippen LogP) is 5.61. The first-order valence-electron chi connectivity index (χ1n) is 8.48. The van der Waals surface area contributed by atoms with E-state index in [1.54, 1.807) is 24.3 Å². The Bertz CT molecular complexity index is 379. The summed E-state index contributed by atoms with van der Waals surface area (Å²) in [5, 5.41) is 21.2. The summed E-state index contributed by atoms with van der Waals surface area (Å²) in [5.41, 5.74) is 1.63. The summed E-state index contributed by atoms with van der Waals surface area (Å²) < 4.78 is 0. The lowest BCUT2D eigenvalue weighted by molar-refractivity contribution is -0.269. The molecule has 0 saturated carbocycles. The lowest BCUT2D eigenvalue weighted by Gasteiger charge is -2.06. The molecule has 0 aromatic heterocycles. The van der Waals surface area contributed by atoms with Crippen molar-refractivity contribution in [2.24, 2.45) is 0 Å². The van der Waals surface area contributed by atoms with Gasteiger partial charge in [0, 0.05) is 0 Å². The van der Waals surface area contributed by atoms with Gasteiger partial charge in [-0.15, -0.1) is 11.5 Å². The van der Waals surface area contributed by atoms with Crippen LogP contribution in [0.5, 0.6) is 11.5 Å². The van der Waals surface area contributed by atoms with Gasteiger partial charge in [0.2, 0.25) is 0 Å². The molecule has 23 heavy (non-hydrogen) atoms. The molecule has 0 bridgehead atoms. The van der Waals surface area contributed by atoms with Gasteiger partial charge in [-0.05, 0) is 13.8 Å². The highest BCUT2D eigenvalue weighted by molar-refractivity contribution is 5.29. The van der Waals surface area contributed by atoms with Crippen LogP contribution < -0.4 is 10.2 Å². The monoisotopic (exact) mass is 318 g/mol. The largest absolute Gasteiger partial charge is 0.872 e. The summed E-state index contributed by atoms with van der Waals surface area (Å²) in [5.74, 6) is 0.236. The van der Waals surface area contributed by atoms with Crippen molar-refractivity contribution in [2.45, 2.75) is 61.8 Å². The second kappa shape index (κ2) is 20.0. The Hall–Kier alpha value is -1.96. The fourth-order valence-electron chi connectivity index (χ4n) is 1.11. The maximum absolute atomic E-state index is 10.6. The molecule has 0 fully saturated rings. The Kier molecular flexibility index (Phi) is 22.6. The van der Waals surface area contributed by atoms with E-state index in [1.165, 1.54) is 6.42 Å². The maximum atomic E-state index is 10.6. The van der Waals surface area contributed by atoms with Gasteiger partial charge in [0.1, 0.15) is 0 Å². The normalized spacial score (nSPS) is 7.65. The molecule has 2 aromatic carbocycles. The summed E-state index contributed by atoms with van der Waals surface area (Å²) in [4.78, 5) is 0. The van der Waals surface area contributed by atoms with Crippen LogP contribution in [0.1, 0.15) is 59.1 Å². The average molecular weight is 319 g/mol. The third-order valence-electron chi connectivity index (χ3n) is 2.19. The van der Waals surface area contributed by atoms with Gasteiger partial charge < -0.3 is 10.2 Å². The predicted molar refractivity (Wildman–Crippen MR) is 99.9 cm³/mol. The van der Waals surface area contributed by atoms with Crippen molar-refractivity contribution >= 4 is 0 Å². The number of benzene rings is 2. The van der Waals surface area contributed by atoms with Gasteiger partial charge in [-0.3, -0.25) is 0 Å². The Balaban J connectivity index is -0.000000252. The van der Waals surface area contributed by atoms with Crippen molar-refractivity contribution in [1.82, 2.24) is 0 Å². The van der Waals surface area contributed by atoms with Crippen LogP contribution in [0.3, 0.4) is 0 Å². The molecule has 0 unspecified atom stereocenters. The van der Waals surface area contributed by atoms with Crippen LogP contribution in [0.15, 0.2) is 48.5 Å². The molecule has 2 heteroatoms. The summed E-state index contributed by atoms with van der Waals surface area (Å²) >= 11 is 0. The minimum atomic E-state index is 0.118. The molecule has 132 valence electrons. The molecule has 0 heterocycles. The molecule has 0 radical (unpaired) electrons. The van der Waals surface area contributed by atoms with E-state index in [-0.39, 0.29) is 11.5 Å². The van der Waals surface area contributed by atoms with Crippen molar-refractivity contribution in [1.29, 1.82) is 0 Å². The van der Waals surface area contributed by atoms with E-state index >= 15 is 0 Å². The summed E-state index contributed by atoms with van der Waals surface area (Å²) in [7, 11) is 0. The molecular formula is C21H34O2-2. The van der Waals surface area contributed by atoms with Gasteiger partial charge in [-0.2, -0.15) is 0 Å². The summed E-state index contributed by atoms with van der Waals surface area (Å²) in [6, 6.07) is 14.0. The Morgan fingerprint density at radius 2 is 0.826 bits per heavy atom. The summed E-state index contributed by atoms with van der Waals surface area (Å²) in [6.07, 6.45) is 1.25. The maximum Gasteiger partial charge on any atom is -0.0404 e. The lowest BCUT2D eigenvalue weighted by Crippen LogP contribution is -1.90. The van der Waals surface area contributed by atoms with Gasteiger partial charge in [0.25, 0.3) is 0 Å². The molecule has 0 saturated heterocycles. The number of para-hydroxylation sites is 2. The van der Waals surface area contributed by atoms with Gasteiger partial charge in [0.15, 0.2) is 0 Å². The highest BCUT2D eigenvalue weighted by Gasteiger charge is 1.78. The van der Waals surface area contributed by atoms with Gasteiger partial charge in [-0.1, -0.05) is 108 Å². The first-order chi connectivity index (χ1) is 11.0. The first kappa shape index (κ1) is 26.0. The number of rotatable bonds is 0. The van der Waals surface area contributed by atoms with E-state index in [0.29, 0.717) is 0 Å². The molecule has 0 aliphatic carbocycles. The van der Waals surface area contributed by atoms with Crippen LogP contribution in [-0.2, 0) is 0 Å². The first-order valence-corrected chi connectivity index (χ1v) is 8.48. The molecule has 0 amide bonds. The van der Waals surface area contributed by atoms with Crippen LogP contribution >= 0.6 is 0 Å². The van der Waals surface area contributed by atoms with Crippen molar-refractivity contribution in [3.05, 3.63) is 59.7 Å². The molecule has 0 spiro atoms. The second-order valence-corrected chi connectivity index (χ2v) is 4.24. The van der Waals surface area contributed by atoms with Gasteiger partial charge in [-0.25, -0.2) is 0 Å².